The Morgan fingerprint density at radius 2 is 1.94 bits per heavy atom. The summed E-state index contributed by atoms with van der Waals surface area (Å²) < 4.78 is 0.794. The number of phenols is 1. The number of aromatic hydroxyl groups is 1. The molecule has 0 aliphatic carbocycles. The van der Waals surface area contributed by atoms with Crippen LogP contribution < -0.4 is 5.32 Å². The van der Waals surface area contributed by atoms with Crippen molar-refractivity contribution < 1.29 is 9.90 Å². The van der Waals surface area contributed by atoms with Gasteiger partial charge in [0.2, 0.25) is 0 Å². The first kappa shape index (κ1) is 12.6. The molecule has 0 radical (unpaired) electrons. The van der Waals surface area contributed by atoms with Gasteiger partial charge in [-0.1, -0.05) is 28.1 Å². The third-order valence-electron chi connectivity index (χ3n) is 2.57. The van der Waals surface area contributed by atoms with Crippen LogP contribution in [0.25, 0.3) is 11.1 Å². The minimum Gasteiger partial charge on any atom is -0.508 e. The maximum atomic E-state index is 11.6. The first-order valence-electron chi connectivity index (χ1n) is 5.42. The molecule has 0 spiro atoms. The van der Waals surface area contributed by atoms with Gasteiger partial charge in [0.1, 0.15) is 5.75 Å². The van der Waals surface area contributed by atoms with Crippen molar-refractivity contribution in [3.63, 3.8) is 0 Å². The van der Waals surface area contributed by atoms with Crippen molar-refractivity contribution in [2.24, 2.45) is 0 Å². The van der Waals surface area contributed by atoms with Crippen molar-refractivity contribution in [3.05, 3.63) is 52.5 Å². The van der Waals surface area contributed by atoms with E-state index in [1.54, 1.807) is 31.3 Å². The monoisotopic (exact) mass is 305 g/mol. The molecule has 3 nitrogen and oxygen atoms in total. The predicted molar refractivity (Wildman–Crippen MR) is 74.6 cm³/mol. The number of phenolic OH excluding ortho intramolecular Hbond substituents is 1. The number of amides is 1. The second-order valence-electron chi connectivity index (χ2n) is 3.86. The predicted octanol–water partition coefficient (Wildman–Crippen LogP) is 3.18. The van der Waals surface area contributed by atoms with Gasteiger partial charge in [-0.25, -0.2) is 0 Å². The standard InChI is InChI=1S/C14H12BrNO2/c1-16-14(18)10-4-2-3-9(5-10)11-6-12(15)8-13(17)7-11/h2-8,17H,1H3,(H,16,18). The number of halogens is 1. The van der Waals surface area contributed by atoms with Crippen LogP contribution in [0.5, 0.6) is 5.75 Å². The summed E-state index contributed by atoms with van der Waals surface area (Å²) in [6.45, 7) is 0. The Kier molecular flexibility index (Phi) is 3.67. The van der Waals surface area contributed by atoms with E-state index in [0.29, 0.717) is 5.56 Å². The summed E-state index contributed by atoms with van der Waals surface area (Å²) in [6, 6.07) is 12.4. The highest BCUT2D eigenvalue weighted by molar-refractivity contribution is 9.10. The quantitative estimate of drug-likeness (QED) is 0.895. The van der Waals surface area contributed by atoms with Crippen LogP contribution in [0.1, 0.15) is 10.4 Å². The molecule has 92 valence electrons. The van der Waals surface area contributed by atoms with E-state index < -0.39 is 0 Å². The average Bonchev–Trinajstić information content (AvgIpc) is 2.37. The minimum atomic E-state index is -0.129. The highest BCUT2D eigenvalue weighted by atomic mass is 79.9. The lowest BCUT2D eigenvalue weighted by atomic mass is 10.0. The second-order valence-corrected chi connectivity index (χ2v) is 4.77. The summed E-state index contributed by atoms with van der Waals surface area (Å²) in [7, 11) is 1.60. The topological polar surface area (TPSA) is 49.3 Å². The Morgan fingerprint density at radius 3 is 2.61 bits per heavy atom. The van der Waals surface area contributed by atoms with Crippen molar-refractivity contribution in [3.8, 4) is 16.9 Å². The summed E-state index contributed by atoms with van der Waals surface area (Å²) in [6.07, 6.45) is 0. The molecule has 2 aromatic carbocycles. The molecule has 2 rings (SSSR count). The molecular weight excluding hydrogens is 294 g/mol. The Labute approximate surface area is 114 Å². The lowest BCUT2D eigenvalue weighted by Crippen LogP contribution is -2.17. The fourth-order valence-corrected chi connectivity index (χ4v) is 2.21. The number of hydrogen-bond donors (Lipinski definition) is 2. The van der Waals surface area contributed by atoms with E-state index in [2.05, 4.69) is 21.2 Å². The van der Waals surface area contributed by atoms with Crippen LogP contribution in [0, 0.1) is 0 Å². The van der Waals surface area contributed by atoms with Crippen LogP contribution in [0.4, 0.5) is 0 Å². The molecule has 1 amide bonds. The van der Waals surface area contributed by atoms with Crippen LogP contribution in [-0.2, 0) is 0 Å². The summed E-state index contributed by atoms with van der Waals surface area (Å²) in [4.78, 5) is 11.6. The maximum absolute atomic E-state index is 11.6. The van der Waals surface area contributed by atoms with E-state index in [1.165, 1.54) is 0 Å². The van der Waals surface area contributed by atoms with Gasteiger partial charge in [-0.3, -0.25) is 4.79 Å². The summed E-state index contributed by atoms with van der Waals surface area (Å²) in [5.74, 6) is 0.0563. The van der Waals surface area contributed by atoms with Crippen LogP contribution in [0.15, 0.2) is 46.9 Å². The zero-order valence-electron chi connectivity index (χ0n) is 9.77. The molecule has 0 aromatic heterocycles. The van der Waals surface area contributed by atoms with Gasteiger partial charge in [-0.15, -0.1) is 0 Å². The zero-order chi connectivity index (χ0) is 13.1. The highest BCUT2D eigenvalue weighted by Gasteiger charge is 2.06. The fourth-order valence-electron chi connectivity index (χ4n) is 1.73. The van der Waals surface area contributed by atoms with E-state index in [9.17, 15) is 9.90 Å². The molecule has 0 saturated carbocycles. The van der Waals surface area contributed by atoms with E-state index in [1.807, 2.05) is 18.2 Å². The Bertz CT molecular complexity index is 576. The smallest absolute Gasteiger partial charge is 0.251 e. The van der Waals surface area contributed by atoms with Crippen LogP contribution >= 0.6 is 15.9 Å². The third-order valence-corrected chi connectivity index (χ3v) is 3.03. The first-order valence-corrected chi connectivity index (χ1v) is 6.21. The number of carbonyl (C=O) groups is 1. The molecule has 4 heteroatoms. The molecule has 2 aromatic rings. The number of rotatable bonds is 2. The van der Waals surface area contributed by atoms with Gasteiger partial charge in [-0.2, -0.15) is 0 Å². The van der Waals surface area contributed by atoms with E-state index in [-0.39, 0.29) is 11.7 Å². The van der Waals surface area contributed by atoms with Crippen LogP contribution in [-0.4, -0.2) is 18.1 Å². The van der Waals surface area contributed by atoms with Gasteiger partial charge in [-0.05, 0) is 41.5 Å². The molecule has 0 aliphatic heterocycles. The Morgan fingerprint density at radius 1 is 1.17 bits per heavy atom. The summed E-state index contributed by atoms with van der Waals surface area (Å²) >= 11 is 3.33. The summed E-state index contributed by atoms with van der Waals surface area (Å²) in [5.41, 5.74) is 2.33. The van der Waals surface area contributed by atoms with Gasteiger partial charge < -0.3 is 10.4 Å². The molecule has 2 N–H and O–H groups in total. The van der Waals surface area contributed by atoms with Crippen molar-refractivity contribution in [1.29, 1.82) is 0 Å². The Balaban J connectivity index is 2.47. The molecule has 0 saturated heterocycles. The van der Waals surface area contributed by atoms with Crippen LogP contribution in [0.3, 0.4) is 0 Å². The van der Waals surface area contributed by atoms with E-state index in [4.69, 9.17) is 0 Å². The second kappa shape index (κ2) is 5.23. The molecule has 0 bridgehead atoms. The Hall–Kier alpha value is -1.81. The third kappa shape index (κ3) is 2.71. The number of nitrogens with one attached hydrogen (secondary N) is 1. The average molecular weight is 306 g/mol. The zero-order valence-corrected chi connectivity index (χ0v) is 11.4. The lowest BCUT2D eigenvalue weighted by Gasteiger charge is -2.06. The largest absolute Gasteiger partial charge is 0.508 e. The van der Waals surface area contributed by atoms with Crippen LogP contribution in [0.2, 0.25) is 0 Å². The molecule has 18 heavy (non-hydrogen) atoms. The lowest BCUT2D eigenvalue weighted by molar-refractivity contribution is 0.0963. The van der Waals surface area contributed by atoms with Crippen molar-refractivity contribution in [1.82, 2.24) is 5.32 Å². The molecule has 0 aliphatic rings. The van der Waals surface area contributed by atoms with Crippen molar-refractivity contribution in [2.45, 2.75) is 0 Å². The summed E-state index contributed by atoms with van der Waals surface area (Å²) in [5, 5.41) is 12.2. The van der Waals surface area contributed by atoms with E-state index >= 15 is 0 Å². The number of hydrogen-bond acceptors (Lipinski definition) is 2. The van der Waals surface area contributed by atoms with Crippen molar-refractivity contribution >= 4 is 21.8 Å². The number of carbonyl (C=O) groups excluding carboxylic acids is 1. The van der Waals surface area contributed by atoms with E-state index in [0.717, 1.165) is 15.6 Å². The van der Waals surface area contributed by atoms with Crippen molar-refractivity contribution in [2.75, 3.05) is 7.05 Å². The highest BCUT2D eigenvalue weighted by Crippen LogP contribution is 2.28. The molecule has 0 fully saturated rings. The van der Waals surface area contributed by atoms with Gasteiger partial charge in [0.05, 0.1) is 0 Å². The number of benzene rings is 2. The molecule has 0 unspecified atom stereocenters. The SMILES string of the molecule is CNC(=O)c1cccc(-c2cc(O)cc(Br)c2)c1. The molecule has 0 heterocycles. The molecule has 0 atom stereocenters. The van der Waals surface area contributed by atoms with Gasteiger partial charge >= 0.3 is 0 Å². The molecular formula is C14H12BrNO2. The first-order chi connectivity index (χ1) is 8.60. The van der Waals surface area contributed by atoms with Gasteiger partial charge in [0.25, 0.3) is 5.91 Å². The normalized spacial score (nSPS) is 10.1. The fraction of sp³-hybridized carbons (Fsp3) is 0.0714. The maximum Gasteiger partial charge on any atom is 0.251 e. The minimum absolute atomic E-state index is 0.129. The van der Waals surface area contributed by atoms with Gasteiger partial charge in [0.15, 0.2) is 0 Å². The van der Waals surface area contributed by atoms with Gasteiger partial charge in [0, 0.05) is 17.1 Å².